The Kier molecular flexibility index (Phi) is 23.7. The van der Waals surface area contributed by atoms with Gasteiger partial charge in [0.15, 0.2) is 11.6 Å². The van der Waals surface area contributed by atoms with Crippen molar-refractivity contribution in [2.45, 2.75) is 168 Å². The fourth-order valence-electron chi connectivity index (χ4n) is 12.7. The molecule has 17 nitrogen and oxygen atoms in total. The average Bonchev–Trinajstić information content (AvgIpc) is 1.72. The second-order valence-electron chi connectivity index (χ2n) is 24.3. The van der Waals surface area contributed by atoms with Crippen molar-refractivity contribution in [2.75, 3.05) is 42.6 Å². The number of carbonyl (C=O) groups excluding carboxylic acids is 3. The number of rotatable bonds is 21. The molecule has 2 saturated carbocycles. The lowest BCUT2D eigenvalue weighted by Gasteiger charge is -2.33. The number of halogens is 13. The van der Waals surface area contributed by atoms with Crippen molar-refractivity contribution in [3.63, 3.8) is 0 Å². The number of nitrogens with zero attached hydrogens (tertiary/aromatic N) is 8. The van der Waals surface area contributed by atoms with Crippen LogP contribution in [0.4, 0.5) is 73.9 Å². The summed E-state index contributed by atoms with van der Waals surface area (Å²) in [6.07, 6.45) is -14.4. The number of aliphatic hydroxyl groups excluding tert-OH is 1. The monoisotopic (exact) mass is 1420 g/mol. The Labute approximate surface area is 548 Å². The maximum absolute atomic E-state index is 13.6. The molecule has 2 aromatic heterocycles. The molecule has 2 aliphatic carbocycles. The first-order valence-electron chi connectivity index (χ1n) is 31.2. The van der Waals surface area contributed by atoms with E-state index in [0.717, 1.165) is 51.4 Å². The highest BCUT2D eigenvalue weighted by molar-refractivity contribution is 9.10. The van der Waals surface area contributed by atoms with Gasteiger partial charge in [0, 0.05) is 44.6 Å². The van der Waals surface area contributed by atoms with Crippen molar-refractivity contribution >= 4 is 51.7 Å². The van der Waals surface area contributed by atoms with Gasteiger partial charge in [-0.15, -0.1) is 0 Å². The zero-order valence-corrected chi connectivity index (χ0v) is 54.1. The summed E-state index contributed by atoms with van der Waals surface area (Å²) in [6, 6.07) is 7.42. The summed E-state index contributed by atoms with van der Waals surface area (Å²) in [5, 5.41) is 18.6. The van der Waals surface area contributed by atoms with E-state index in [1.54, 1.807) is 37.4 Å². The number of ether oxygens (including phenoxy) is 3. The molecule has 4 heterocycles. The van der Waals surface area contributed by atoms with Crippen LogP contribution in [0.2, 0.25) is 0 Å². The summed E-state index contributed by atoms with van der Waals surface area (Å²) < 4.78 is 179. The molecule has 9 rings (SSSR count). The molecule has 4 atom stereocenters. The molecular weight excluding hydrogens is 1340 g/mol. The number of carboxylic acid groups (broad SMARTS) is 1. The van der Waals surface area contributed by atoms with Crippen LogP contribution in [0.3, 0.4) is 0 Å². The quantitative estimate of drug-likeness (QED) is 0.0399. The Morgan fingerprint density at radius 2 is 0.979 bits per heavy atom. The predicted molar refractivity (Wildman–Crippen MR) is 325 cm³/mol. The number of esters is 1. The second kappa shape index (κ2) is 30.7. The molecule has 2 amide bonds. The standard InChI is InChI=1S/C35H38F6N4O5.C30H35BrF6N4O4/c1-3-44(17-22-6-4-21(5-7-22)12-30(47)48)32-29(43-28(16-42-32)24-10-8-23(19-46)9-11-24)18-45-20(2)31(50-33(45)49)25-13-26(34(36,37)38)15-27(14-25)35(39,40)41;1-4-40(15-19-8-6-18(7-9-19)10-25(42)44-5-2)27-23(39-24(31)14-38-27)16-41-17(3)26(45-28(41)43)20-11-21(29(32,33)34)13-22(12-20)30(35,36)37/h8-11,13-16,20-22,31,46H,3-7,12,17-19H2,1-2H3,(H,47,48);11-14,17-19,26H,4-10,15-16H2,1-3H3/t20-,21?,22?,31?;17-,18?,19?,26?/m00/s1. The van der Waals surface area contributed by atoms with Crippen LogP contribution >= 0.6 is 15.9 Å². The third-order valence-corrected chi connectivity index (χ3v) is 18.2. The lowest BCUT2D eigenvalue weighted by molar-refractivity contribution is -0.145. The van der Waals surface area contributed by atoms with E-state index in [4.69, 9.17) is 24.2 Å². The summed E-state index contributed by atoms with van der Waals surface area (Å²) >= 11 is 3.31. The first-order valence-corrected chi connectivity index (χ1v) is 31.9. The molecule has 5 aromatic rings. The number of alkyl halides is 12. The summed E-state index contributed by atoms with van der Waals surface area (Å²) in [5.41, 5.74) is -4.29. The highest BCUT2D eigenvalue weighted by Gasteiger charge is 2.46. The highest BCUT2D eigenvalue weighted by Crippen LogP contribution is 2.45. The van der Waals surface area contributed by atoms with E-state index >= 15 is 0 Å². The van der Waals surface area contributed by atoms with Gasteiger partial charge in [0.05, 0.1) is 78.7 Å². The van der Waals surface area contributed by atoms with E-state index < -0.39 is 101 Å². The molecule has 0 spiro atoms. The van der Waals surface area contributed by atoms with E-state index in [0.29, 0.717) is 114 Å². The zero-order valence-electron chi connectivity index (χ0n) is 52.5. The average molecular weight is 1420 g/mol. The molecule has 0 radical (unpaired) electrons. The van der Waals surface area contributed by atoms with Crippen molar-refractivity contribution in [1.29, 1.82) is 0 Å². The van der Waals surface area contributed by atoms with Crippen LogP contribution in [0.25, 0.3) is 11.3 Å². The maximum Gasteiger partial charge on any atom is 0.416 e. The number of hydrogen-bond donors (Lipinski definition) is 2. The van der Waals surface area contributed by atoms with E-state index in [9.17, 15) is 82.1 Å². The minimum absolute atomic E-state index is 0.0289. The van der Waals surface area contributed by atoms with Gasteiger partial charge in [-0.05, 0) is 179 Å². The van der Waals surface area contributed by atoms with Crippen molar-refractivity contribution in [3.05, 3.63) is 128 Å². The number of aliphatic hydroxyl groups is 1. The summed E-state index contributed by atoms with van der Waals surface area (Å²) in [5.74, 6) is 0.920. The van der Waals surface area contributed by atoms with Crippen LogP contribution in [-0.4, -0.2) is 109 Å². The molecule has 2 unspecified atom stereocenters. The number of cyclic esters (lactones) is 2. The number of anilines is 2. The Hall–Kier alpha value is -7.50. The summed E-state index contributed by atoms with van der Waals surface area (Å²) in [7, 11) is 0. The number of aliphatic carboxylic acids is 1. The minimum Gasteiger partial charge on any atom is -0.481 e. The molecule has 95 heavy (non-hydrogen) atoms. The Balaban J connectivity index is 0.000000245. The molecule has 4 aliphatic rings. The van der Waals surface area contributed by atoms with E-state index in [1.807, 2.05) is 23.6 Å². The lowest BCUT2D eigenvalue weighted by Crippen LogP contribution is -2.36. The SMILES string of the molecule is CCN(CC1CCC(CC(=O)O)CC1)c1ncc(-c2ccc(CO)cc2)nc1CN1C(=O)OC(c2cc(C(F)(F)F)cc(C(F)(F)F)c2)[C@@H]1C.CCOC(=O)CC1CCC(CN(CC)c2ncc(Br)nc2CN2C(=O)OC(c3cc(C(F)(F)F)cc(C(F)(F)F)c3)[C@@H]2C)CC1. The third kappa shape index (κ3) is 18.7. The smallest absolute Gasteiger partial charge is 0.416 e. The van der Waals surface area contributed by atoms with Gasteiger partial charge < -0.3 is 34.2 Å². The number of carboxylic acids is 1. The van der Waals surface area contributed by atoms with Gasteiger partial charge in [-0.2, -0.15) is 52.7 Å². The van der Waals surface area contributed by atoms with E-state index in [1.165, 1.54) is 29.8 Å². The molecule has 2 saturated heterocycles. The third-order valence-electron chi connectivity index (χ3n) is 17.8. The summed E-state index contributed by atoms with van der Waals surface area (Å²) in [6.45, 7) is 10.8. The number of hydrogen-bond acceptors (Lipinski definition) is 14. The van der Waals surface area contributed by atoms with E-state index in [-0.39, 0.29) is 62.0 Å². The summed E-state index contributed by atoms with van der Waals surface area (Å²) in [4.78, 5) is 74.5. The Morgan fingerprint density at radius 3 is 1.36 bits per heavy atom. The number of aromatic nitrogens is 4. The fourth-order valence-corrected chi connectivity index (χ4v) is 13.0. The van der Waals surface area contributed by atoms with Crippen LogP contribution < -0.4 is 9.80 Å². The number of carbonyl (C=O) groups is 4. The van der Waals surface area contributed by atoms with Crippen LogP contribution in [0, 0.1) is 23.7 Å². The van der Waals surface area contributed by atoms with Crippen LogP contribution in [0.15, 0.2) is 77.7 Å². The van der Waals surface area contributed by atoms with Crippen LogP contribution in [0.5, 0.6) is 0 Å². The van der Waals surface area contributed by atoms with Crippen molar-refractivity contribution in [2.24, 2.45) is 23.7 Å². The second-order valence-corrected chi connectivity index (χ2v) is 25.1. The first-order chi connectivity index (χ1) is 44.7. The molecule has 2 aliphatic heterocycles. The number of amides is 2. The molecule has 30 heteroatoms. The molecule has 518 valence electrons. The Morgan fingerprint density at radius 1 is 0.589 bits per heavy atom. The largest absolute Gasteiger partial charge is 0.481 e. The van der Waals surface area contributed by atoms with Crippen molar-refractivity contribution in [1.82, 2.24) is 29.7 Å². The Bertz CT molecular complexity index is 3430. The van der Waals surface area contributed by atoms with Gasteiger partial charge in [-0.25, -0.2) is 29.5 Å². The normalized spacial score (nSPS) is 21.8. The lowest BCUT2D eigenvalue weighted by atomic mass is 9.80. The topological polar surface area (TPSA) is 201 Å². The van der Waals surface area contributed by atoms with Gasteiger partial charge >= 0.3 is 48.8 Å². The zero-order chi connectivity index (χ0) is 69.5. The van der Waals surface area contributed by atoms with Crippen LogP contribution in [-0.2, 0) is 68.2 Å². The van der Waals surface area contributed by atoms with Crippen molar-refractivity contribution in [3.8, 4) is 11.3 Å². The highest BCUT2D eigenvalue weighted by atomic mass is 79.9. The van der Waals surface area contributed by atoms with Crippen molar-refractivity contribution < 1.29 is 96.3 Å². The van der Waals surface area contributed by atoms with Gasteiger partial charge in [0.2, 0.25) is 0 Å². The fraction of sp³-hybridized carbons (Fsp3) is 0.538. The van der Waals surface area contributed by atoms with Gasteiger partial charge in [0.25, 0.3) is 0 Å². The molecular formula is C65H73BrF12N8O9. The van der Waals surface area contributed by atoms with Crippen LogP contribution in [0.1, 0.15) is 161 Å². The van der Waals surface area contributed by atoms with Gasteiger partial charge in [-0.3, -0.25) is 19.4 Å². The number of benzene rings is 3. The first kappa shape index (κ1) is 73.3. The van der Waals surface area contributed by atoms with Gasteiger partial charge in [-0.1, -0.05) is 24.3 Å². The predicted octanol–water partition coefficient (Wildman–Crippen LogP) is 15.8. The maximum atomic E-state index is 13.6. The molecule has 0 bridgehead atoms. The molecule has 3 aromatic carbocycles. The molecule has 4 fully saturated rings. The molecule has 2 N–H and O–H groups in total. The van der Waals surface area contributed by atoms with Gasteiger partial charge in [0.1, 0.15) is 28.2 Å². The minimum atomic E-state index is -5.07. The van der Waals surface area contributed by atoms with E-state index in [2.05, 4.69) is 25.9 Å².